The molecular formula is C14H11F2N3O. The second-order valence-electron chi connectivity index (χ2n) is 4.20. The van der Waals surface area contributed by atoms with Crippen LogP contribution in [0, 0.1) is 0 Å². The number of rotatable bonds is 3. The van der Waals surface area contributed by atoms with Crippen molar-refractivity contribution in [3.8, 4) is 17.0 Å². The summed E-state index contributed by atoms with van der Waals surface area (Å²) in [6, 6.07) is 10.0. The summed E-state index contributed by atoms with van der Waals surface area (Å²) >= 11 is 0. The fraction of sp³-hybridized carbons (Fsp3) is 0.143. The summed E-state index contributed by atoms with van der Waals surface area (Å²) in [5.74, 6) is 0.702. The number of aromatic nitrogens is 3. The molecule has 0 radical (unpaired) electrons. The Kier molecular flexibility index (Phi) is 3.06. The molecule has 0 aliphatic rings. The number of halogens is 2. The lowest BCUT2D eigenvalue weighted by molar-refractivity contribution is 0.143. The van der Waals surface area contributed by atoms with E-state index >= 15 is 0 Å². The lowest BCUT2D eigenvalue weighted by atomic mass is 10.1. The largest absolute Gasteiger partial charge is 0.497 e. The Hall–Kier alpha value is -2.50. The highest BCUT2D eigenvalue weighted by Crippen LogP contribution is 2.26. The van der Waals surface area contributed by atoms with Gasteiger partial charge in [-0.05, 0) is 30.3 Å². The van der Waals surface area contributed by atoms with Gasteiger partial charge in [-0.3, -0.25) is 0 Å². The first-order chi connectivity index (χ1) is 9.69. The minimum absolute atomic E-state index is 0.175. The summed E-state index contributed by atoms with van der Waals surface area (Å²) in [7, 11) is 1.57. The molecule has 1 aromatic carbocycles. The summed E-state index contributed by atoms with van der Waals surface area (Å²) in [6.07, 6.45) is -1.16. The molecule has 2 heterocycles. The van der Waals surface area contributed by atoms with E-state index in [1.807, 2.05) is 0 Å². The molecule has 0 saturated heterocycles. The van der Waals surface area contributed by atoms with Crippen molar-refractivity contribution in [2.45, 2.75) is 6.43 Å². The standard InChI is InChI=1S/C14H11F2N3O/c1-20-10-4-2-9(3-5-10)11-8-12(14(15)16)19-13(18-11)6-7-17-19/h2-8,14H,1H3. The molecule has 102 valence electrons. The molecule has 0 unspecified atom stereocenters. The molecule has 6 heteroatoms. The van der Waals surface area contributed by atoms with Gasteiger partial charge in [0.25, 0.3) is 6.43 Å². The average molecular weight is 275 g/mol. The van der Waals surface area contributed by atoms with Gasteiger partial charge in [0, 0.05) is 11.6 Å². The maximum absolute atomic E-state index is 13.1. The smallest absolute Gasteiger partial charge is 0.280 e. The molecule has 4 nitrogen and oxygen atoms in total. The van der Waals surface area contributed by atoms with E-state index in [-0.39, 0.29) is 5.69 Å². The molecule has 0 atom stereocenters. The van der Waals surface area contributed by atoms with E-state index in [4.69, 9.17) is 4.74 Å². The number of ether oxygens (including phenoxy) is 1. The molecule has 3 rings (SSSR count). The number of hydrogen-bond donors (Lipinski definition) is 0. The molecule has 0 aliphatic heterocycles. The first kappa shape index (κ1) is 12.5. The van der Waals surface area contributed by atoms with Crippen LogP contribution in [0.1, 0.15) is 12.1 Å². The fourth-order valence-electron chi connectivity index (χ4n) is 2.00. The normalized spacial score (nSPS) is 11.2. The van der Waals surface area contributed by atoms with Gasteiger partial charge in [-0.1, -0.05) is 0 Å². The summed E-state index contributed by atoms with van der Waals surface area (Å²) < 4.78 is 32.4. The van der Waals surface area contributed by atoms with Gasteiger partial charge in [0.1, 0.15) is 11.4 Å². The van der Waals surface area contributed by atoms with Gasteiger partial charge in [-0.25, -0.2) is 18.3 Å². The van der Waals surface area contributed by atoms with Crippen molar-refractivity contribution >= 4 is 5.65 Å². The highest BCUT2D eigenvalue weighted by Gasteiger charge is 2.15. The summed E-state index contributed by atoms with van der Waals surface area (Å²) in [5.41, 5.74) is 1.45. The van der Waals surface area contributed by atoms with Gasteiger partial charge >= 0.3 is 0 Å². The molecule has 0 amide bonds. The van der Waals surface area contributed by atoms with Crippen LogP contribution >= 0.6 is 0 Å². The van der Waals surface area contributed by atoms with Crippen LogP contribution < -0.4 is 4.74 Å². The van der Waals surface area contributed by atoms with Gasteiger partial charge < -0.3 is 4.74 Å². The zero-order valence-corrected chi connectivity index (χ0v) is 10.6. The average Bonchev–Trinajstić information content (AvgIpc) is 2.94. The Bertz CT molecular complexity index is 738. The van der Waals surface area contributed by atoms with Gasteiger partial charge in [0.2, 0.25) is 0 Å². The molecule has 0 aliphatic carbocycles. The monoisotopic (exact) mass is 275 g/mol. The SMILES string of the molecule is COc1ccc(-c2cc(C(F)F)n3nccc3n2)cc1. The number of benzene rings is 1. The quantitative estimate of drug-likeness (QED) is 0.736. The van der Waals surface area contributed by atoms with E-state index < -0.39 is 6.43 Å². The lowest BCUT2D eigenvalue weighted by Crippen LogP contribution is -2.02. The number of nitrogens with zero attached hydrogens (tertiary/aromatic N) is 3. The van der Waals surface area contributed by atoms with Crippen molar-refractivity contribution in [3.05, 3.63) is 48.3 Å². The van der Waals surface area contributed by atoms with Crippen LogP contribution in [-0.2, 0) is 0 Å². The minimum Gasteiger partial charge on any atom is -0.497 e. The summed E-state index contributed by atoms with van der Waals surface area (Å²) in [4.78, 5) is 4.33. The van der Waals surface area contributed by atoms with E-state index in [9.17, 15) is 8.78 Å². The molecule has 0 saturated carbocycles. The van der Waals surface area contributed by atoms with Crippen LogP contribution in [0.15, 0.2) is 42.6 Å². The maximum Gasteiger partial charge on any atom is 0.280 e. The van der Waals surface area contributed by atoms with Crippen molar-refractivity contribution in [2.24, 2.45) is 0 Å². The predicted octanol–water partition coefficient (Wildman–Crippen LogP) is 3.34. The zero-order valence-electron chi connectivity index (χ0n) is 10.6. The molecule has 0 spiro atoms. The minimum atomic E-state index is -2.61. The van der Waals surface area contributed by atoms with Gasteiger partial charge in [0.05, 0.1) is 19.0 Å². The lowest BCUT2D eigenvalue weighted by Gasteiger charge is -2.08. The van der Waals surface area contributed by atoms with Crippen molar-refractivity contribution in [1.29, 1.82) is 0 Å². The fourth-order valence-corrected chi connectivity index (χ4v) is 2.00. The number of alkyl halides is 2. The Labute approximate surface area is 113 Å². The Morgan fingerprint density at radius 1 is 1.15 bits per heavy atom. The van der Waals surface area contributed by atoms with Crippen LogP contribution in [0.2, 0.25) is 0 Å². The van der Waals surface area contributed by atoms with Crippen LogP contribution in [0.4, 0.5) is 8.78 Å². The number of methoxy groups -OCH3 is 1. The first-order valence-corrected chi connectivity index (χ1v) is 5.96. The molecule has 20 heavy (non-hydrogen) atoms. The third-order valence-corrected chi connectivity index (χ3v) is 3.00. The van der Waals surface area contributed by atoms with Crippen LogP contribution in [0.25, 0.3) is 16.9 Å². The second kappa shape index (κ2) is 4.88. The molecule has 0 fully saturated rings. The van der Waals surface area contributed by atoms with Crippen LogP contribution in [0.3, 0.4) is 0 Å². The van der Waals surface area contributed by atoms with Crippen LogP contribution in [0.5, 0.6) is 5.75 Å². The summed E-state index contributed by atoms with van der Waals surface area (Å²) in [6.45, 7) is 0. The predicted molar refractivity (Wildman–Crippen MR) is 69.9 cm³/mol. The number of hydrogen-bond acceptors (Lipinski definition) is 3. The zero-order chi connectivity index (χ0) is 14.1. The molecule has 0 bridgehead atoms. The van der Waals surface area contributed by atoms with Crippen LogP contribution in [-0.4, -0.2) is 21.7 Å². The Balaban J connectivity index is 2.15. The third-order valence-electron chi connectivity index (χ3n) is 3.00. The topological polar surface area (TPSA) is 39.4 Å². The summed E-state index contributed by atoms with van der Waals surface area (Å²) in [5, 5.41) is 3.86. The van der Waals surface area contributed by atoms with Gasteiger partial charge in [0.15, 0.2) is 5.65 Å². The van der Waals surface area contributed by atoms with E-state index in [1.54, 1.807) is 37.4 Å². The molecular weight excluding hydrogens is 264 g/mol. The van der Waals surface area contributed by atoms with Gasteiger partial charge in [-0.15, -0.1) is 0 Å². The molecule has 0 N–H and O–H groups in total. The van der Waals surface area contributed by atoms with Crippen molar-refractivity contribution in [2.75, 3.05) is 7.11 Å². The van der Waals surface area contributed by atoms with Crippen molar-refractivity contribution < 1.29 is 13.5 Å². The molecule has 2 aromatic heterocycles. The second-order valence-corrected chi connectivity index (χ2v) is 4.20. The number of fused-ring (bicyclic) bond motifs is 1. The van der Waals surface area contributed by atoms with E-state index in [0.717, 1.165) is 10.1 Å². The Morgan fingerprint density at radius 2 is 1.90 bits per heavy atom. The maximum atomic E-state index is 13.1. The van der Waals surface area contributed by atoms with Crippen molar-refractivity contribution in [3.63, 3.8) is 0 Å². The Morgan fingerprint density at radius 3 is 2.55 bits per heavy atom. The van der Waals surface area contributed by atoms with Crippen molar-refractivity contribution in [1.82, 2.24) is 14.6 Å². The third kappa shape index (κ3) is 2.09. The highest BCUT2D eigenvalue weighted by atomic mass is 19.3. The molecule has 3 aromatic rings. The highest BCUT2D eigenvalue weighted by molar-refractivity contribution is 5.63. The van der Waals surface area contributed by atoms with E-state index in [1.165, 1.54) is 12.3 Å². The van der Waals surface area contributed by atoms with E-state index in [2.05, 4.69) is 10.1 Å². The van der Waals surface area contributed by atoms with E-state index in [0.29, 0.717) is 17.1 Å². The first-order valence-electron chi connectivity index (χ1n) is 5.96. The van der Waals surface area contributed by atoms with Gasteiger partial charge in [-0.2, -0.15) is 5.10 Å².